The molecule has 0 aliphatic rings. The third-order valence-corrected chi connectivity index (χ3v) is 4.99. The molecular formula is C27H28O6. The van der Waals surface area contributed by atoms with Gasteiger partial charge in [-0.25, -0.2) is 0 Å². The van der Waals surface area contributed by atoms with Crippen LogP contribution < -0.4 is 23.7 Å². The highest BCUT2D eigenvalue weighted by molar-refractivity contribution is 5.67. The monoisotopic (exact) mass is 448 g/mol. The van der Waals surface area contributed by atoms with Crippen molar-refractivity contribution in [2.45, 2.75) is 13.3 Å². The van der Waals surface area contributed by atoms with Crippen molar-refractivity contribution in [2.24, 2.45) is 0 Å². The molecule has 6 heteroatoms. The normalized spacial score (nSPS) is 10.2. The molecule has 6 nitrogen and oxygen atoms in total. The van der Waals surface area contributed by atoms with Crippen LogP contribution in [-0.2, 0) is 6.42 Å². The molecule has 0 aliphatic heterocycles. The second-order valence-corrected chi connectivity index (χ2v) is 6.90. The maximum Gasteiger partial charge on any atom is 0.290 e. The second kappa shape index (κ2) is 11.0. The molecule has 1 heterocycles. The van der Waals surface area contributed by atoms with Gasteiger partial charge in [-0.3, -0.25) is 0 Å². The Morgan fingerprint density at radius 2 is 1.64 bits per heavy atom. The fourth-order valence-corrected chi connectivity index (χ4v) is 3.35. The topological polar surface area (TPSA) is 59.3 Å². The highest BCUT2D eigenvalue weighted by Gasteiger charge is 2.18. The Balaban J connectivity index is 1.85. The molecule has 0 fully saturated rings. The van der Waals surface area contributed by atoms with E-state index < -0.39 is 0 Å². The summed E-state index contributed by atoms with van der Waals surface area (Å²) >= 11 is 0. The highest BCUT2D eigenvalue weighted by Crippen LogP contribution is 2.38. The molecule has 0 amide bonds. The SMILES string of the molecule is C=C=C(Cc1c(OC)cc(OC)cc1OC)c1ccc(Oc2ccc(C=C)c(OCC)c2)o1. The molecule has 0 saturated carbocycles. The standard InChI is InChI=1S/C27H28O6/c1-7-18-10-11-20(15-24(18)31-9-3)32-27-13-12-23(33-27)19(8-2)14-22-25(29-5)16-21(28-4)17-26(22)30-6/h7,10-13,15-17H,1-2,9,14H2,3-6H3. The van der Waals surface area contributed by atoms with Crippen LogP contribution >= 0.6 is 0 Å². The summed E-state index contributed by atoms with van der Waals surface area (Å²) < 4.78 is 33.9. The first-order chi connectivity index (χ1) is 16.1. The maximum absolute atomic E-state index is 5.93. The van der Waals surface area contributed by atoms with Crippen molar-refractivity contribution in [3.63, 3.8) is 0 Å². The van der Waals surface area contributed by atoms with Crippen LogP contribution in [0.2, 0.25) is 0 Å². The summed E-state index contributed by atoms with van der Waals surface area (Å²) in [6.45, 7) is 10.1. The van der Waals surface area contributed by atoms with Gasteiger partial charge >= 0.3 is 0 Å². The number of allylic oxidation sites excluding steroid dienone is 1. The van der Waals surface area contributed by atoms with Crippen LogP contribution in [0.3, 0.4) is 0 Å². The van der Waals surface area contributed by atoms with E-state index in [0.29, 0.717) is 53.5 Å². The van der Waals surface area contributed by atoms with E-state index >= 15 is 0 Å². The Bertz CT molecular complexity index is 1140. The number of methoxy groups -OCH3 is 3. The van der Waals surface area contributed by atoms with Gasteiger partial charge in [0.1, 0.15) is 34.5 Å². The number of furan rings is 1. The molecule has 0 unspecified atom stereocenters. The molecule has 0 aliphatic carbocycles. The highest BCUT2D eigenvalue weighted by atomic mass is 16.6. The van der Waals surface area contributed by atoms with Gasteiger partial charge in [0.05, 0.1) is 27.9 Å². The van der Waals surface area contributed by atoms with E-state index in [2.05, 4.69) is 18.9 Å². The zero-order valence-corrected chi connectivity index (χ0v) is 19.4. The average Bonchev–Trinajstić information content (AvgIpc) is 3.30. The summed E-state index contributed by atoms with van der Waals surface area (Å²) in [6, 6.07) is 12.7. The van der Waals surface area contributed by atoms with Crippen molar-refractivity contribution in [3.05, 3.63) is 78.2 Å². The quantitative estimate of drug-likeness (QED) is 0.310. The first-order valence-electron chi connectivity index (χ1n) is 10.4. The minimum Gasteiger partial charge on any atom is -0.496 e. The minimum atomic E-state index is 0.334. The van der Waals surface area contributed by atoms with Crippen LogP contribution in [0.4, 0.5) is 0 Å². The average molecular weight is 449 g/mol. The van der Waals surface area contributed by atoms with E-state index in [1.807, 2.05) is 25.1 Å². The first kappa shape index (κ1) is 23.6. The van der Waals surface area contributed by atoms with Crippen LogP contribution in [0.1, 0.15) is 23.8 Å². The van der Waals surface area contributed by atoms with Crippen LogP contribution in [0.25, 0.3) is 11.6 Å². The molecule has 1 aromatic heterocycles. The summed E-state index contributed by atoms with van der Waals surface area (Å²) in [5.41, 5.74) is 5.40. The van der Waals surface area contributed by atoms with Gasteiger partial charge in [0.15, 0.2) is 0 Å². The number of hydrogen-bond acceptors (Lipinski definition) is 6. The molecule has 0 N–H and O–H groups in total. The Morgan fingerprint density at radius 3 is 2.21 bits per heavy atom. The molecular weight excluding hydrogens is 420 g/mol. The van der Waals surface area contributed by atoms with Gasteiger partial charge in [-0.15, -0.1) is 5.73 Å². The number of benzene rings is 2. The summed E-state index contributed by atoms with van der Waals surface area (Å²) in [4.78, 5) is 0. The van der Waals surface area contributed by atoms with Crippen molar-refractivity contribution in [1.82, 2.24) is 0 Å². The number of ether oxygens (including phenoxy) is 5. The zero-order valence-electron chi connectivity index (χ0n) is 19.4. The maximum atomic E-state index is 5.93. The molecule has 0 radical (unpaired) electrons. The molecule has 3 aromatic rings. The Morgan fingerprint density at radius 1 is 0.939 bits per heavy atom. The van der Waals surface area contributed by atoms with Gasteiger partial charge in [0.2, 0.25) is 0 Å². The molecule has 3 rings (SSSR count). The van der Waals surface area contributed by atoms with Crippen molar-refractivity contribution < 1.29 is 28.1 Å². The second-order valence-electron chi connectivity index (χ2n) is 6.90. The van der Waals surface area contributed by atoms with Gasteiger partial charge in [0, 0.05) is 47.4 Å². The van der Waals surface area contributed by atoms with Gasteiger partial charge < -0.3 is 28.1 Å². The fraction of sp³-hybridized carbons (Fsp3) is 0.222. The van der Waals surface area contributed by atoms with Gasteiger partial charge in [-0.05, 0) is 25.1 Å². The van der Waals surface area contributed by atoms with E-state index in [4.69, 9.17) is 28.1 Å². The largest absolute Gasteiger partial charge is 0.496 e. The number of rotatable bonds is 11. The van der Waals surface area contributed by atoms with Crippen LogP contribution in [0, 0.1) is 0 Å². The molecule has 0 spiro atoms. The van der Waals surface area contributed by atoms with Gasteiger partial charge in [-0.1, -0.05) is 19.2 Å². The van der Waals surface area contributed by atoms with Crippen LogP contribution in [-0.4, -0.2) is 27.9 Å². The Hall–Kier alpha value is -4.02. The lowest BCUT2D eigenvalue weighted by molar-refractivity contribution is 0.327. The van der Waals surface area contributed by atoms with Crippen molar-refractivity contribution in [1.29, 1.82) is 0 Å². The first-order valence-corrected chi connectivity index (χ1v) is 10.4. The third-order valence-electron chi connectivity index (χ3n) is 4.99. The van der Waals surface area contributed by atoms with E-state index in [1.165, 1.54) is 0 Å². The molecule has 0 bridgehead atoms. The predicted octanol–water partition coefficient (Wildman–Crippen LogP) is 6.55. The lowest BCUT2D eigenvalue weighted by Crippen LogP contribution is -1.99. The lowest BCUT2D eigenvalue weighted by atomic mass is 10.0. The fourth-order valence-electron chi connectivity index (χ4n) is 3.35. The summed E-state index contributed by atoms with van der Waals surface area (Å²) in [5.74, 6) is 4.10. The summed E-state index contributed by atoms with van der Waals surface area (Å²) in [7, 11) is 4.79. The van der Waals surface area contributed by atoms with Crippen LogP contribution in [0.5, 0.6) is 34.7 Å². The van der Waals surface area contributed by atoms with E-state index in [0.717, 1.165) is 16.7 Å². The minimum absolute atomic E-state index is 0.334. The molecule has 33 heavy (non-hydrogen) atoms. The summed E-state index contributed by atoms with van der Waals surface area (Å²) in [5, 5.41) is 0. The van der Waals surface area contributed by atoms with Crippen molar-refractivity contribution >= 4 is 11.6 Å². The van der Waals surface area contributed by atoms with Gasteiger partial charge in [0.25, 0.3) is 5.95 Å². The lowest BCUT2D eigenvalue weighted by Gasteiger charge is -2.15. The van der Waals surface area contributed by atoms with E-state index in [9.17, 15) is 0 Å². The smallest absolute Gasteiger partial charge is 0.290 e. The number of hydrogen-bond donors (Lipinski definition) is 0. The Kier molecular flexibility index (Phi) is 7.90. The van der Waals surface area contributed by atoms with Crippen molar-refractivity contribution in [3.8, 4) is 34.7 Å². The van der Waals surface area contributed by atoms with Gasteiger partial charge in [-0.2, -0.15) is 0 Å². The molecule has 172 valence electrons. The summed E-state index contributed by atoms with van der Waals surface area (Å²) in [6.07, 6.45) is 2.16. The predicted molar refractivity (Wildman–Crippen MR) is 129 cm³/mol. The van der Waals surface area contributed by atoms with Crippen molar-refractivity contribution in [2.75, 3.05) is 27.9 Å². The molecule has 0 atom stereocenters. The Labute approximate surface area is 194 Å². The van der Waals surface area contributed by atoms with E-state index in [1.54, 1.807) is 51.7 Å². The molecule has 2 aromatic carbocycles. The molecule has 0 saturated heterocycles. The third kappa shape index (κ3) is 5.43. The van der Waals surface area contributed by atoms with E-state index in [-0.39, 0.29) is 0 Å². The van der Waals surface area contributed by atoms with Crippen LogP contribution in [0.15, 0.2) is 65.8 Å². The zero-order chi connectivity index (χ0) is 23.8.